The lowest BCUT2D eigenvalue weighted by Gasteiger charge is -2.47. The number of aromatic nitrogens is 2. The SMILES string of the molecule is CS(=O)(=O)c1ccc(C(F)c2c(C3CCCC3)nc3c(c2-c2ccc(F)cc2)C(O)CC2(CCC2)C3)nc1. The van der Waals surface area contributed by atoms with Crippen LogP contribution in [0.15, 0.2) is 47.5 Å². The van der Waals surface area contributed by atoms with Crippen LogP contribution in [0, 0.1) is 11.2 Å². The Morgan fingerprint density at radius 2 is 1.76 bits per heavy atom. The Balaban J connectivity index is 1.59. The number of hydrogen-bond donors (Lipinski definition) is 1. The molecule has 3 aromatic rings. The third-order valence-electron chi connectivity index (χ3n) is 8.87. The van der Waals surface area contributed by atoms with Gasteiger partial charge in [-0.3, -0.25) is 9.97 Å². The number of rotatable bonds is 5. The highest BCUT2D eigenvalue weighted by molar-refractivity contribution is 7.90. The second kappa shape index (κ2) is 9.49. The van der Waals surface area contributed by atoms with Crippen molar-refractivity contribution in [3.63, 3.8) is 0 Å². The van der Waals surface area contributed by atoms with Gasteiger partial charge in [-0.2, -0.15) is 0 Å². The van der Waals surface area contributed by atoms with Crippen molar-refractivity contribution in [3.05, 3.63) is 76.6 Å². The maximum Gasteiger partial charge on any atom is 0.177 e. The molecule has 6 rings (SSSR count). The number of aliphatic hydroxyl groups excluding tert-OH is 1. The summed E-state index contributed by atoms with van der Waals surface area (Å²) in [5.74, 6) is -0.308. The molecule has 8 heteroatoms. The summed E-state index contributed by atoms with van der Waals surface area (Å²) in [6.07, 6.45) is 8.30. The van der Waals surface area contributed by atoms with Crippen molar-refractivity contribution in [1.29, 1.82) is 0 Å². The number of pyridine rings is 2. The first-order chi connectivity index (χ1) is 18.2. The van der Waals surface area contributed by atoms with Crippen molar-refractivity contribution in [1.82, 2.24) is 9.97 Å². The third-order valence-corrected chi connectivity index (χ3v) is 9.97. The summed E-state index contributed by atoms with van der Waals surface area (Å²) in [6.45, 7) is 0. The fourth-order valence-electron chi connectivity index (χ4n) is 6.78. The van der Waals surface area contributed by atoms with Gasteiger partial charge in [0.1, 0.15) is 5.82 Å². The molecule has 38 heavy (non-hydrogen) atoms. The highest BCUT2D eigenvalue weighted by Crippen LogP contribution is 2.56. The molecule has 0 aliphatic heterocycles. The molecule has 200 valence electrons. The fraction of sp³-hybridized carbons (Fsp3) is 0.467. The van der Waals surface area contributed by atoms with Crippen LogP contribution in [0.3, 0.4) is 0 Å². The minimum absolute atomic E-state index is 0.0213. The summed E-state index contributed by atoms with van der Waals surface area (Å²) < 4.78 is 54.6. The molecule has 2 unspecified atom stereocenters. The van der Waals surface area contributed by atoms with Crippen LogP contribution >= 0.6 is 0 Å². The Labute approximate surface area is 222 Å². The predicted octanol–water partition coefficient (Wildman–Crippen LogP) is 6.55. The summed E-state index contributed by atoms with van der Waals surface area (Å²) in [6, 6.07) is 8.78. The van der Waals surface area contributed by atoms with Gasteiger partial charge in [-0.1, -0.05) is 31.4 Å². The fourth-order valence-corrected chi connectivity index (χ4v) is 7.34. The monoisotopic (exact) mass is 538 g/mol. The van der Waals surface area contributed by atoms with Crippen molar-refractivity contribution in [2.75, 3.05) is 6.26 Å². The average Bonchev–Trinajstić information content (AvgIpc) is 3.41. The number of aliphatic hydroxyl groups is 1. The highest BCUT2D eigenvalue weighted by atomic mass is 32.2. The lowest BCUT2D eigenvalue weighted by Crippen LogP contribution is -2.38. The Bertz CT molecular complexity index is 1460. The standard InChI is InChI=1S/C30H32F2N2O3S/c1-38(36,37)21-11-12-22(33-17-21)28(32)27-25(18-7-9-20(31)10-8-18)26-23(34-29(27)19-5-2-3-6-19)15-30(13-4-14-30)16-24(26)35/h7-12,17,19,24,28,35H,2-6,13-16H2,1H3. The van der Waals surface area contributed by atoms with Crippen molar-refractivity contribution in [3.8, 4) is 11.1 Å². The molecule has 2 heterocycles. The van der Waals surface area contributed by atoms with Crippen LogP contribution in [-0.4, -0.2) is 29.7 Å². The molecule has 0 radical (unpaired) electrons. The molecule has 0 bridgehead atoms. The second-order valence-electron chi connectivity index (χ2n) is 11.4. The maximum absolute atomic E-state index is 16.8. The summed E-state index contributed by atoms with van der Waals surface area (Å²) >= 11 is 0. The van der Waals surface area contributed by atoms with Gasteiger partial charge in [-0.25, -0.2) is 17.2 Å². The lowest BCUT2D eigenvalue weighted by atomic mass is 9.59. The van der Waals surface area contributed by atoms with Gasteiger partial charge in [0.25, 0.3) is 0 Å². The summed E-state index contributed by atoms with van der Waals surface area (Å²) in [4.78, 5) is 9.36. The Morgan fingerprint density at radius 3 is 2.34 bits per heavy atom. The first kappa shape index (κ1) is 25.6. The molecule has 5 nitrogen and oxygen atoms in total. The van der Waals surface area contributed by atoms with Crippen LogP contribution in [-0.2, 0) is 16.3 Å². The minimum Gasteiger partial charge on any atom is -0.388 e. The molecular weight excluding hydrogens is 506 g/mol. The second-order valence-corrected chi connectivity index (χ2v) is 13.5. The summed E-state index contributed by atoms with van der Waals surface area (Å²) in [5, 5.41) is 11.5. The molecule has 1 N–H and O–H groups in total. The largest absolute Gasteiger partial charge is 0.388 e. The van der Waals surface area contributed by atoms with E-state index in [0.29, 0.717) is 34.4 Å². The van der Waals surface area contributed by atoms with Crippen molar-refractivity contribution in [2.45, 2.75) is 80.9 Å². The van der Waals surface area contributed by atoms with Crippen LogP contribution < -0.4 is 0 Å². The highest BCUT2D eigenvalue weighted by Gasteiger charge is 2.46. The normalized spacial score (nSPS) is 21.7. The van der Waals surface area contributed by atoms with Crippen molar-refractivity contribution < 1.29 is 22.3 Å². The molecular formula is C30H32F2N2O3S. The average molecular weight is 539 g/mol. The van der Waals surface area contributed by atoms with Gasteiger partial charge in [0.2, 0.25) is 0 Å². The zero-order chi connectivity index (χ0) is 26.7. The number of nitrogens with zero attached hydrogens (tertiary/aromatic N) is 2. The smallest absolute Gasteiger partial charge is 0.177 e. The zero-order valence-corrected chi connectivity index (χ0v) is 22.3. The van der Waals surface area contributed by atoms with Gasteiger partial charge in [-0.15, -0.1) is 0 Å². The number of halogens is 2. The number of benzene rings is 1. The van der Waals surface area contributed by atoms with E-state index < -0.39 is 27.9 Å². The van der Waals surface area contributed by atoms with Crippen molar-refractivity contribution >= 4 is 9.84 Å². The topological polar surface area (TPSA) is 80.2 Å². The van der Waals surface area contributed by atoms with Crippen molar-refractivity contribution in [2.24, 2.45) is 5.41 Å². The summed E-state index contributed by atoms with van der Waals surface area (Å²) in [5.41, 5.74) is 3.89. The minimum atomic E-state index is -3.48. The number of hydrogen-bond acceptors (Lipinski definition) is 5. The van der Waals surface area contributed by atoms with E-state index in [1.54, 1.807) is 12.1 Å². The van der Waals surface area contributed by atoms with Gasteiger partial charge < -0.3 is 5.11 Å². The van der Waals surface area contributed by atoms with E-state index in [9.17, 15) is 17.9 Å². The summed E-state index contributed by atoms with van der Waals surface area (Å²) in [7, 11) is -3.48. The van der Waals surface area contributed by atoms with Gasteiger partial charge in [0.15, 0.2) is 16.0 Å². The van der Waals surface area contributed by atoms with E-state index in [1.807, 2.05) is 0 Å². The molecule has 2 saturated carbocycles. The molecule has 0 saturated heterocycles. The Kier molecular flexibility index (Phi) is 6.38. The zero-order valence-electron chi connectivity index (χ0n) is 21.5. The Hall–Kier alpha value is -2.71. The first-order valence-corrected chi connectivity index (χ1v) is 15.3. The Morgan fingerprint density at radius 1 is 1.05 bits per heavy atom. The first-order valence-electron chi connectivity index (χ1n) is 13.5. The van der Waals surface area contributed by atoms with Crippen LogP contribution in [0.2, 0.25) is 0 Å². The molecule has 2 aromatic heterocycles. The molecule has 3 aliphatic rings. The third kappa shape index (κ3) is 4.45. The van der Waals surface area contributed by atoms with Gasteiger partial charge in [0.05, 0.1) is 22.4 Å². The maximum atomic E-state index is 16.8. The number of fused-ring (bicyclic) bond motifs is 1. The van der Waals surface area contributed by atoms with E-state index >= 15 is 4.39 Å². The van der Waals surface area contributed by atoms with E-state index in [2.05, 4.69) is 4.98 Å². The quantitative estimate of drug-likeness (QED) is 0.398. The molecule has 2 fully saturated rings. The van der Waals surface area contributed by atoms with Gasteiger partial charge in [0, 0.05) is 35.2 Å². The molecule has 1 spiro atoms. The van der Waals surface area contributed by atoms with E-state index in [-0.39, 0.29) is 21.9 Å². The number of sulfone groups is 1. The van der Waals surface area contributed by atoms with E-state index in [0.717, 1.165) is 63.3 Å². The van der Waals surface area contributed by atoms with Gasteiger partial charge >= 0.3 is 0 Å². The molecule has 0 amide bonds. The van der Waals surface area contributed by atoms with Crippen LogP contribution in [0.4, 0.5) is 8.78 Å². The van der Waals surface area contributed by atoms with Crippen LogP contribution in [0.5, 0.6) is 0 Å². The van der Waals surface area contributed by atoms with Gasteiger partial charge in [-0.05, 0) is 79.3 Å². The van der Waals surface area contributed by atoms with E-state index in [4.69, 9.17) is 4.98 Å². The molecule has 3 aliphatic carbocycles. The van der Waals surface area contributed by atoms with E-state index in [1.165, 1.54) is 30.5 Å². The predicted molar refractivity (Wildman–Crippen MR) is 141 cm³/mol. The van der Waals surface area contributed by atoms with Crippen LogP contribution in [0.1, 0.15) is 97.8 Å². The molecule has 2 atom stereocenters. The molecule has 1 aromatic carbocycles. The lowest BCUT2D eigenvalue weighted by molar-refractivity contribution is 0.0246. The number of alkyl halides is 1. The van der Waals surface area contributed by atoms with Crippen LogP contribution in [0.25, 0.3) is 11.1 Å².